The average Bonchev–Trinajstić information content (AvgIpc) is 3.31. The summed E-state index contributed by atoms with van der Waals surface area (Å²) in [5.41, 5.74) is 3.60. The Morgan fingerprint density at radius 1 is 1.08 bits per heavy atom. The molecular formula is C20H21N3OS. The van der Waals surface area contributed by atoms with Crippen molar-refractivity contribution >= 4 is 17.2 Å². The van der Waals surface area contributed by atoms with Crippen molar-refractivity contribution in [3.05, 3.63) is 59.1 Å². The Balaban J connectivity index is 1.79. The van der Waals surface area contributed by atoms with Gasteiger partial charge in [0.25, 0.3) is 5.91 Å². The second-order valence-electron chi connectivity index (χ2n) is 6.50. The third-order valence-electron chi connectivity index (χ3n) is 4.59. The molecule has 3 heterocycles. The van der Waals surface area contributed by atoms with E-state index in [9.17, 15) is 4.79 Å². The second-order valence-corrected chi connectivity index (χ2v) is 7.44. The summed E-state index contributed by atoms with van der Waals surface area (Å²) in [5, 5.41) is 6.79. The van der Waals surface area contributed by atoms with Gasteiger partial charge in [0, 0.05) is 13.1 Å². The summed E-state index contributed by atoms with van der Waals surface area (Å²) in [5.74, 6) is 0.0801. The minimum atomic E-state index is 0.0801. The van der Waals surface area contributed by atoms with Crippen LogP contribution in [0.3, 0.4) is 0 Å². The van der Waals surface area contributed by atoms with E-state index >= 15 is 0 Å². The maximum Gasteiger partial charge on any atom is 0.272 e. The summed E-state index contributed by atoms with van der Waals surface area (Å²) in [6.07, 6.45) is 3.38. The van der Waals surface area contributed by atoms with Gasteiger partial charge in [0.1, 0.15) is 11.4 Å². The first-order valence-corrected chi connectivity index (χ1v) is 9.60. The first-order chi connectivity index (χ1) is 12.2. The normalized spacial score (nSPS) is 14.7. The number of benzene rings is 1. The summed E-state index contributed by atoms with van der Waals surface area (Å²) in [6.45, 7) is 3.73. The van der Waals surface area contributed by atoms with Crippen molar-refractivity contribution in [2.45, 2.75) is 26.2 Å². The van der Waals surface area contributed by atoms with Gasteiger partial charge in [0.2, 0.25) is 0 Å². The molecule has 1 amide bonds. The number of aryl methyl sites for hydroxylation is 1. The lowest BCUT2D eigenvalue weighted by Crippen LogP contribution is -2.36. The standard InChI is InChI=1S/C20H21N3OS/c1-15-7-5-8-16(13-15)23-18(20(24)22-10-3-2-4-11-22)14-17(21-23)19-9-6-12-25-19/h5-9,12-14H,2-4,10-11H2,1H3. The van der Waals surface area contributed by atoms with Gasteiger partial charge < -0.3 is 4.90 Å². The van der Waals surface area contributed by atoms with Gasteiger partial charge in [-0.3, -0.25) is 4.79 Å². The van der Waals surface area contributed by atoms with Crippen LogP contribution < -0.4 is 0 Å². The number of nitrogens with zero attached hydrogens (tertiary/aromatic N) is 3. The van der Waals surface area contributed by atoms with E-state index < -0.39 is 0 Å². The third kappa shape index (κ3) is 3.24. The molecule has 1 aliphatic rings. The minimum Gasteiger partial charge on any atom is -0.337 e. The molecular weight excluding hydrogens is 330 g/mol. The van der Waals surface area contributed by atoms with Crippen molar-refractivity contribution in [3.8, 4) is 16.3 Å². The third-order valence-corrected chi connectivity index (χ3v) is 5.48. The van der Waals surface area contributed by atoms with Crippen LogP contribution in [-0.4, -0.2) is 33.7 Å². The van der Waals surface area contributed by atoms with Crippen molar-refractivity contribution in [3.63, 3.8) is 0 Å². The summed E-state index contributed by atoms with van der Waals surface area (Å²) in [7, 11) is 0. The number of aromatic nitrogens is 2. The fraction of sp³-hybridized carbons (Fsp3) is 0.300. The topological polar surface area (TPSA) is 38.1 Å². The minimum absolute atomic E-state index is 0.0801. The molecule has 0 saturated carbocycles. The van der Waals surface area contributed by atoms with E-state index in [1.165, 1.54) is 6.42 Å². The van der Waals surface area contributed by atoms with Crippen molar-refractivity contribution in [2.24, 2.45) is 0 Å². The fourth-order valence-electron chi connectivity index (χ4n) is 3.29. The predicted octanol–water partition coefficient (Wildman–Crippen LogP) is 4.54. The van der Waals surface area contributed by atoms with Crippen LogP contribution in [0.25, 0.3) is 16.3 Å². The van der Waals surface area contributed by atoms with Crippen molar-refractivity contribution in [1.29, 1.82) is 0 Å². The molecule has 0 spiro atoms. The van der Waals surface area contributed by atoms with Gasteiger partial charge >= 0.3 is 0 Å². The first-order valence-electron chi connectivity index (χ1n) is 8.72. The maximum absolute atomic E-state index is 13.1. The average molecular weight is 351 g/mol. The van der Waals surface area contributed by atoms with Gasteiger partial charge in [-0.1, -0.05) is 18.2 Å². The Bertz CT molecular complexity index is 876. The molecule has 2 aromatic heterocycles. The molecule has 25 heavy (non-hydrogen) atoms. The highest BCUT2D eigenvalue weighted by Crippen LogP contribution is 2.27. The van der Waals surface area contributed by atoms with E-state index in [1.807, 2.05) is 40.6 Å². The van der Waals surface area contributed by atoms with Crippen molar-refractivity contribution in [2.75, 3.05) is 13.1 Å². The fourth-order valence-corrected chi connectivity index (χ4v) is 3.98. The number of carbonyl (C=O) groups is 1. The van der Waals surface area contributed by atoms with Gasteiger partial charge in [0.05, 0.1) is 10.6 Å². The van der Waals surface area contributed by atoms with Crippen LogP contribution in [0.15, 0.2) is 47.8 Å². The molecule has 1 aromatic carbocycles. The molecule has 0 bridgehead atoms. The van der Waals surface area contributed by atoms with E-state index in [-0.39, 0.29) is 5.91 Å². The Morgan fingerprint density at radius 3 is 2.64 bits per heavy atom. The molecule has 4 nitrogen and oxygen atoms in total. The summed E-state index contributed by atoms with van der Waals surface area (Å²) in [6, 6.07) is 14.1. The van der Waals surface area contributed by atoms with Crippen LogP contribution in [0, 0.1) is 6.92 Å². The number of likely N-dealkylation sites (tertiary alicyclic amines) is 1. The lowest BCUT2D eigenvalue weighted by molar-refractivity contribution is 0.0715. The molecule has 0 N–H and O–H groups in total. The predicted molar refractivity (Wildman–Crippen MR) is 101 cm³/mol. The molecule has 0 unspecified atom stereocenters. The number of carbonyl (C=O) groups excluding carboxylic acids is 1. The Labute approximate surface area is 151 Å². The van der Waals surface area contributed by atoms with Gasteiger partial charge in [-0.2, -0.15) is 5.10 Å². The van der Waals surface area contributed by atoms with Crippen LogP contribution in [0.4, 0.5) is 0 Å². The van der Waals surface area contributed by atoms with Gasteiger partial charge in [-0.25, -0.2) is 4.68 Å². The van der Waals surface area contributed by atoms with Gasteiger partial charge in [-0.05, 0) is 61.4 Å². The van der Waals surface area contributed by atoms with Gasteiger partial charge in [0.15, 0.2) is 0 Å². The highest BCUT2D eigenvalue weighted by atomic mass is 32.1. The second kappa shape index (κ2) is 6.84. The lowest BCUT2D eigenvalue weighted by atomic mass is 10.1. The highest BCUT2D eigenvalue weighted by molar-refractivity contribution is 7.13. The summed E-state index contributed by atoms with van der Waals surface area (Å²) >= 11 is 1.64. The van der Waals surface area contributed by atoms with E-state index in [2.05, 4.69) is 19.1 Å². The molecule has 1 saturated heterocycles. The Kier molecular flexibility index (Phi) is 4.40. The quantitative estimate of drug-likeness (QED) is 0.695. The molecule has 0 radical (unpaired) electrons. The molecule has 1 aliphatic heterocycles. The van der Waals surface area contributed by atoms with Gasteiger partial charge in [-0.15, -0.1) is 11.3 Å². The zero-order valence-electron chi connectivity index (χ0n) is 14.3. The number of piperidine rings is 1. The Hall–Kier alpha value is -2.40. The SMILES string of the molecule is Cc1cccc(-n2nc(-c3cccs3)cc2C(=O)N2CCCCC2)c1. The van der Waals surface area contributed by atoms with Crippen molar-refractivity contribution in [1.82, 2.24) is 14.7 Å². The molecule has 4 rings (SSSR count). The van der Waals surface area contributed by atoms with E-state index in [0.717, 1.165) is 47.8 Å². The number of thiophene rings is 1. The molecule has 3 aromatic rings. The largest absolute Gasteiger partial charge is 0.337 e. The molecule has 128 valence electrons. The number of hydrogen-bond donors (Lipinski definition) is 0. The molecule has 5 heteroatoms. The van der Waals surface area contributed by atoms with Crippen LogP contribution in [-0.2, 0) is 0 Å². The van der Waals surface area contributed by atoms with Crippen LogP contribution in [0.2, 0.25) is 0 Å². The van der Waals surface area contributed by atoms with Crippen LogP contribution in [0.1, 0.15) is 35.3 Å². The van der Waals surface area contributed by atoms with E-state index in [4.69, 9.17) is 5.10 Å². The van der Waals surface area contributed by atoms with Crippen LogP contribution >= 0.6 is 11.3 Å². The first kappa shape index (κ1) is 16.1. The molecule has 0 atom stereocenters. The summed E-state index contributed by atoms with van der Waals surface area (Å²) in [4.78, 5) is 16.2. The number of amides is 1. The van der Waals surface area contributed by atoms with E-state index in [1.54, 1.807) is 16.0 Å². The highest BCUT2D eigenvalue weighted by Gasteiger charge is 2.24. The zero-order chi connectivity index (χ0) is 17.2. The molecule has 0 aliphatic carbocycles. The smallest absolute Gasteiger partial charge is 0.272 e. The number of rotatable bonds is 3. The zero-order valence-corrected chi connectivity index (χ0v) is 15.1. The molecule has 1 fully saturated rings. The monoisotopic (exact) mass is 351 g/mol. The summed E-state index contributed by atoms with van der Waals surface area (Å²) < 4.78 is 1.80. The Morgan fingerprint density at radius 2 is 1.92 bits per heavy atom. The van der Waals surface area contributed by atoms with Crippen molar-refractivity contribution < 1.29 is 4.79 Å². The number of hydrogen-bond acceptors (Lipinski definition) is 3. The maximum atomic E-state index is 13.1. The lowest BCUT2D eigenvalue weighted by Gasteiger charge is -2.26. The van der Waals surface area contributed by atoms with E-state index in [0.29, 0.717) is 5.69 Å². The van der Waals surface area contributed by atoms with Crippen LogP contribution in [0.5, 0.6) is 0 Å².